The Hall–Kier alpha value is -4.64. The van der Waals surface area contributed by atoms with Crippen LogP contribution < -0.4 is 15.4 Å². The van der Waals surface area contributed by atoms with Gasteiger partial charge in [-0.3, -0.25) is 9.69 Å². The molecule has 4 aromatic rings. The number of rotatable bonds is 8. The van der Waals surface area contributed by atoms with Gasteiger partial charge < -0.3 is 20.3 Å². The lowest BCUT2D eigenvalue weighted by atomic mass is 9.88. The first-order chi connectivity index (χ1) is 27.3. The molecule has 9 rings (SSSR count). The molecule has 3 aliphatic heterocycles. The van der Waals surface area contributed by atoms with E-state index < -0.39 is 121 Å². The third-order valence-corrected chi connectivity index (χ3v) is 13.2. The Kier molecular flexibility index (Phi) is 8.83. The van der Waals surface area contributed by atoms with E-state index in [0.29, 0.717) is 55.7 Å². The summed E-state index contributed by atoms with van der Waals surface area (Å²) in [6, 6.07) is 1.80. The lowest BCUT2D eigenvalue weighted by molar-refractivity contribution is -0.141. The van der Waals surface area contributed by atoms with Crippen LogP contribution in [0.5, 0.6) is 6.01 Å². The molecular weight excluding hydrogens is 809 g/mol. The average molecular weight is 842 g/mol. The summed E-state index contributed by atoms with van der Waals surface area (Å²) in [6.45, 7) is 0.318. The molecule has 0 spiro atoms. The number of ether oxygens (including phenoxy) is 1. The number of nitrogens with zero attached hydrogens (tertiary/aromatic N) is 6. The van der Waals surface area contributed by atoms with Gasteiger partial charge >= 0.3 is 18.4 Å². The van der Waals surface area contributed by atoms with Gasteiger partial charge in [0.15, 0.2) is 0 Å². The van der Waals surface area contributed by atoms with Crippen LogP contribution in [0, 0.1) is 23.1 Å². The number of carbonyl (C=O) groups excluding carboxylic acids is 1. The summed E-state index contributed by atoms with van der Waals surface area (Å²) in [6.07, 6.45) is -10.5. The fraction of sp³-hybridized carbons (Fsp3) is 0.526. The van der Waals surface area contributed by atoms with Crippen molar-refractivity contribution in [1.82, 2.24) is 19.8 Å². The minimum atomic E-state index is -5.57. The van der Waals surface area contributed by atoms with Gasteiger partial charge in [-0.05, 0) is 56.3 Å². The monoisotopic (exact) mass is 841 g/mol. The maximum Gasteiger partial charge on any atom is 0.419 e. The number of hydrogen-bond acceptors (Lipinski definition) is 9. The maximum atomic E-state index is 15.8. The summed E-state index contributed by atoms with van der Waals surface area (Å²) in [5.74, 6) is -6.82. The number of nitrogens with two attached hydrogens (primary N) is 1. The molecule has 1 amide bonds. The van der Waals surface area contributed by atoms with Crippen LogP contribution >= 0.6 is 11.3 Å². The molecule has 20 heteroatoms. The number of alkyl halides is 9. The van der Waals surface area contributed by atoms with Gasteiger partial charge in [0.1, 0.15) is 41.4 Å². The van der Waals surface area contributed by atoms with E-state index >= 15 is 30.7 Å². The Morgan fingerprint density at radius 2 is 1.79 bits per heavy atom. The lowest BCUT2D eigenvalue weighted by Crippen LogP contribution is -2.44. The fourth-order valence-corrected chi connectivity index (χ4v) is 10.2. The van der Waals surface area contributed by atoms with E-state index in [1.165, 1.54) is 4.90 Å². The van der Waals surface area contributed by atoms with E-state index in [1.807, 2.05) is 4.90 Å². The number of fused-ring (bicyclic) bond motifs is 3. The second-order valence-corrected chi connectivity index (χ2v) is 16.9. The van der Waals surface area contributed by atoms with E-state index in [4.69, 9.17) is 10.5 Å². The standard InChI is InChI=1S/C38H33F10N7O2S/c39-17-11-35(7-1-8-54(35)14-17)16-57-34-51-29-21(32(52-34)55(18-2-3-18)19-6-9-53(15-19)33(56)24-12-36(24,41)42)10-23(37(43,44)45)27(28(29)38(46,47)48)20-4-5-25(40)30-26(20)22(13-49)31(50)58-30/h4-5,10,17-19,24H,1-3,6-9,11-12,14-16,50H2/t17-,19+,24+,35+/m1/s1. The van der Waals surface area contributed by atoms with Crippen LogP contribution in [0.1, 0.15) is 61.6 Å². The normalized spacial score (nSPS) is 25.7. The van der Waals surface area contributed by atoms with Crippen LogP contribution in [0.15, 0.2) is 18.2 Å². The molecule has 9 nitrogen and oxygen atoms in total. The van der Waals surface area contributed by atoms with Crippen molar-refractivity contribution in [3.8, 4) is 23.2 Å². The minimum absolute atomic E-state index is 0.0196. The number of halogens is 10. The fourth-order valence-electron chi connectivity index (χ4n) is 9.30. The van der Waals surface area contributed by atoms with Gasteiger partial charge in [-0.25, -0.2) is 17.6 Å². The quantitative estimate of drug-likeness (QED) is 0.177. The topological polar surface area (TPSA) is 112 Å². The Balaban J connectivity index is 1.28. The lowest BCUT2D eigenvalue weighted by Gasteiger charge is -2.33. The van der Waals surface area contributed by atoms with Crippen molar-refractivity contribution in [3.63, 3.8) is 0 Å². The second-order valence-electron chi connectivity index (χ2n) is 15.9. The van der Waals surface area contributed by atoms with Crippen molar-refractivity contribution in [3.05, 3.63) is 40.7 Å². The Morgan fingerprint density at radius 1 is 1.05 bits per heavy atom. The summed E-state index contributed by atoms with van der Waals surface area (Å²) in [4.78, 5) is 26.3. The molecule has 3 saturated heterocycles. The molecule has 2 aliphatic carbocycles. The molecule has 5 aliphatic rings. The van der Waals surface area contributed by atoms with Crippen LogP contribution in [-0.2, 0) is 17.1 Å². The van der Waals surface area contributed by atoms with Crippen LogP contribution in [-0.4, -0.2) is 88.2 Å². The van der Waals surface area contributed by atoms with Gasteiger partial charge in [-0.15, -0.1) is 11.3 Å². The van der Waals surface area contributed by atoms with Crippen molar-refractivity contribution in [2.75, 3.05) is 43.4 Å². The molecule has 308 valence electrons. The number of nitrogen functional groups attached to an aromatic ring is 1. The van der Waals surface area contributed by atoms with Crippen LogP contribution in [0.2, 0.25) is 0 Å². The number of carbonyl (C=O) groups is 1. The summed E-state index contributed by atoms with van der Waals surface area (Å²) >= 11 is 0.501. The number of amides is 1. The molecule has 4 atom stereocenters. The van der Waals surface area contributed by atoms with E-state index in [9.17, 15) is 23.2 Å². The van der Waals surface area contributed by atoms with Gasteiger partial charge in [0, 0.05) is 54.9 Å². The van der Waals surface area contributed by atoms with Crippen LogP contribution in [0.25, 0.3) is 32.1 Å². The van der Waals surface area contributed by atoms with Gasteiger partial charge in [0.05, 0.1) is 38.5 Å². The highest BCUT2D eigenvalue weighted by Gasteiger charge is 2.63. The first-order valence-corrected chi connectivity index (χ1v) is 19.5. The second kappa shape index (κ2) is 13.2. The van der Waals surface area contributed by atoms with E-state index in [0.717, 1.165) is 6.07 Å². The number of benzene rings is 2. The van der Waals surface area contributed by atoms with Crippen molar-refractivity contribution < 1.29 is 53.4 Å². The summed E-state index contributed by atoms with van der Waals surface area (Å²) in [7, 11) is 0. The number of hydrogen-bond donors (Lipinski definition) is 1. The highest BCUT2D eigenvalue weighted by Crippen LogP contribution is 2.54. The first kappa shape index (κ1) is 38.9. The largest absolute Gasteiger partial charge is 0.461 e. The van der Waals surface area contributed by atoms with Gasteiger partial charge in [-0.2, -0.15) is 41.6 Å². The smallest absolute Gasteiger partial charge is 0.419 e. The maximum absolute atomic E-state index is 15.8. The molecule has 2 N–H and O–H groups in total. The zero-order valence-corrected chi connectivity index (χ0v) is 31.1. The SMILES string of the molecule is N#Cc1c(N)sc2c(F)ccc(-c3c(C(F)(F)F)cc4c(N(C5CC5)[C@H]5CCN(C(=O)[C@@H]6CC6(F)F)C5)nc(OC[C@@]56CCCN5C[C@H](F)C6)nc4c3C(F)(F)F)c12. The van der Waals surface area contributed by atoms with E-state index in [-0.39, 0.29) is 49.9 Å². The van der Waals surface area contributed by atoms with Crippen LogP contribution in [0.3, 0.4) is 0 Å². The third kappa shape index (κ3) is 6.34. The predicted molar refractivity (Wildman–Crippen MR) is 192 cm³/mol. The van der Waals surface area contributed by atoms with Crippen molar-refractivity contribution >= 4 is 49.1 Å². The van der Waals surface area contributed by atoms with Crippen LogP contribution in [0.4, 0.5) is 54.7 Å². The summed E-state index contributed by atoms with van der Waals surface area (Å²) < 4.78 is 157. The molecule has 5 fully saturated rings. The molecule has 58 heavy (non-hydrogen) atoms. The summed E-state index contributed by atoms with van der Waals surface area (Å²) in [5, 5.41) is 8.40. The highest BCUT2D eigenvalue weighted by atomic mass is 32.1. The Morgan fingerprint density at radius 3 is 2.45 bits per heavy atom. The summed E-state index contributed by atoms with van der Waals surface area (Å²) in [5.41, 5.74) is -2.19. The van der Waals surface area contributed by atoms with Crippen molar-refractivity contribution in [1.29, 1.82) is 5.26 Å². The third-order valence-electron chi connectivity index (χ3n) is 12.1. The highest BCUT2D eigenvalue weighted by molar-refractivity contribution is 7.23. The molecule has 2 aromatic carbocycles. The molecule has 0 bridgehead atoms. The molecule has 5 heterocycles. The van der Waals surface area contributed by atoms with Gasteiger partial charge in [0.2, 0.25) is 5.91 Å². The van der Waals surface area contributed by atoms with Gasteiger partial charge in [0.25, 0.3) is 5.92 Å². The number of nitriles is 1. The molecule has 2 saturated carbocycles. The first-order valence-electron chi connectivity index (χ1n) is 18.7. The van der Waals surface area contributed by atoms with E-state index in [2.05, 4.69) is 9.97 Å². The van der Waals surface area contributed by atoms with Gasteiger partial charge in [-0.1, -0.05) is 6.07 Å². The zero-order valence-electron chi connectivity index (χ0n) is 30.3. The van der Waals surface area contributed by atoms with E-state index in [1.54, 1.807) is 11.0 Å². The zero-order chi connectivity index (χ0) is 41.3. The molecule has 0 radical (unpaired) electrons. The number of thiophene rings is 1. The number of anilines is 2. The van der Waals surface area contributed by atoms with Crippen molar-refractivity contribution in [2.24, 2.45) is 5.92 Å². The average Bonchev–Trinajstić information content (AvgIpc) is 3.82. The predicted octanol–water partition coefficient (Wildman–Crippen LogP) is 8.32. The molecule has 2 aromatic heterocycles. The van der Waals surface area contributed by atoms with Crippen molar-refractivity contribution in [2.45, 2.75) is 87.0 Å². The minimum Gasteiger partial charge on any atom is -0.461 e. The Labute approximate surface area is 327 Å². The molecule has 0 unspecified atom stereocenters. The molecular formula is C38H33F10N7O2S. The number of likely N-dealkylation sites (tertiary alicyclic amines) is 1. The Bertz CT molecular complexity index is 2410. The number of aromatic nitrogens is 2.